The summed E-state index contributed by atoms with van der Waals surface area (Å²) in [4.78, 5) is 2.58. The minimum Gasteiger partial charge on any atom is -0.312 e. The molecule has 2 aliphatic heterocycles. The number of hydrogen-bond donors (Lipinski definition) is 1. The Hall–Kier alpha value is -1.73. The van der Waals surface area contributed by atoms with Crippen LogP contribution in [0.1, 0.15) is 68.1 Å². The van der Waals surface area contributed by atoms with Gasteiger partial charge in [-0.15, -0.1) is 10.2 Å². The molecule has 7 nitrogen and oxygen atoms in total. The van der Waals surface area contributed by atoms with Crippen LogP contribution < -0.4 is 5.32 Å². The van der Waals surface area contributed by atoms with Gasteiger partial charge in [0.15, 0.2) is 0 Å². The van der Waals surface area contributed by atoms with Crippen LogP contribution in [-0.2, 0) is 25.2 Å². The number of rotatable bonds is 3. The minimum absolute atomic E-state index is 0.0295. The van der Waals surface area contributed by atoms with Crippen LogP contribution in [0.4, 0.5) is 0 Å². The van der Waals surface area contributed by atoms with Gasteiger partial charge in [0, 0.05) is 36.8 Å². The monoisotopic (exact) mass is 371 g/mol. The van der Waals surface area contributed by atoms with Crippen molar-refractivity contribution in [3.63, 3.8) is 0 Å². The van der Waals surface area contributed by atoms with E-state index in [9.17, 15) is 0 Å². The molecule has 0 unspecified atom stereocenters. The highest BCUT2D eigenvalue weighted by Crippen LogP contribution is 2.30. The Morgan fingerprint density at radius 3 is 2.48 bits per heavy atom. The molecule has 148 valence electrons. The summed E-state index contributed by atoms with van der Waals surface area (Å²) in [6.07, 6.45) is 2.33. The molecule has 2 aliphatic rings. The summed E-state index contributed by atoms with van der Waals surface area (Å²) < 4.78 is 4.53. The lowest BCUT2D eigenvalue weighted by Gasteiger charge is -2.32. The van der Waals surface area contributed by atoms with Crippen LogP contribution in [0.5, 0.6) is 0 Å². The largest absolute Gasteiger partial charge is 0.312 e. The van der Waals surface area contributed by atoms with Crippen LogP contribution in [0, 0.1) is 13.8 Å². The van der Waals surface area contributed by atoms with Gasteiger partial charge in [-0.05, 0) is 60.5 Å². The van der Waals surface area contributed by atoms with E-state index >= 15 is 0 Å². The first-order valence-corrected chi connectivity index (χ1v) is 10.2. The first-order chi connectivity index (χ1) is 12.8. The zero-order valence-corrected chi connectivity index (χ0v) is 17.4. The lowest BCUT2D eigenvalue weighted by atomic mass is 9.95. The number of fused-ring (bicyclic) bond motifs is 1. The molecule has 1 saturated heterocycles. The molecule has 7 heteroatoms. The van der Waals surface area contributed by atoms with Gasteiger partial charge in [-0.3, -0.25) is 9.58 Å². The average Bonchev–Trinajstić information content (AvgIpc) is 3.18. The van der Waals surface area contributed by atoms with Crippen LogP contribution in [0.25, 0.3) is 0 Å². The molecule has 2 aromatic heterocycles. The molecule has 1 fully saturated rings. The number of likely N-dealkylation sites (tertiary alicyclic amines) is 1. The zero-order valence-electron chi connectivity index (χ0n) is 17.4. The van der Waals surface area contributed by atoms with Gasteiger partial charge in [0.05, 0.1) is 17.8 Å². The van der Waals surface area contributed by atoms with Crippen LogP contribution in [0.3, 0.4) is 0 Å². The Bertz CT molecular complexity index is 803. The molecule has 0 spiro atoms. The summed E-state index contributed by atoms with van der Waals surface area (Å²) in [5, 5.41) is 17.1. The maximum atomic E-state index is 4.81. The Kier molecular flexibility index (Phi) is 4.84. The van der Waals surface area contributed by atoms with Crippen LogP contribution in [0.2, 0.25) is 0 Å². The van der Waals surface area contributed by atoms with Crippen LogP contribution in [-0.4, -0.2) is 49.1 Å². The molecule has 27 heavy (non-hydrogen) atoms. The van der Waals surface area contributed by atoms with Crippen molar-refractivity contribution in [3.05, 3.63) is 28.6 Å². The molecule has 4 rings (SSSR count). The van der Waals surface area contributed by atoms with Crippen molar-refractivity contribution < 1.29 is 0 Å². The third-order valence-corrected chi connectivity index (χ3v) is 6.06. The second-order valence-electron chi connectivity index (χ2n) is 9.09. The molecule has 0 aromatic carbocycles. The summed E-state index contributed by atoms with van der Waals surface area (Å²) in [5.74, 6) is 2.85. The third-order valence-electron chi connectivity index (χ3n) is 6.06. The third kappa shape index (κ3) is 3.55. The smallest absolute Gasteiger partial charge is 0.147 e. The number of piperidine rings is 1. The summed E-state index contributed by atoms with van der Waals surface area (Å²) in [6.45, 7) is 17.1. The van der Waals surface area contributed by atoms with E-state index in [0.29, 0.717) is 5.92 Å². The average molecular weight is 372 g/mol. The summed E-state index contributed by atoms with van der Waals surface area (Å²) in [7, 11) is 0. The van der Waals surface area contributed by atoms with Crippen molar-refractivity contribution >= 4 is 0 Å². The fourth-order valence-corrected chi connectivity index (χ4v) is 4.55. The standard InChI is InChI=1S/C20H33N7/c1-14-17(15(2)27(24-14)20(3,4)5)13-25-9-6-16(7-10-25)19-23-22-18-12-21-8-11-26(18)19/h16,21H,6-13H2,1-5H3. The number of nitrogens with zero attached hydrogens (tertiary/aromatic N) is 6. The van der Waals surface area contributed by atoms with E-state index in [1.54, 1.807) is 0 Å². The summed E-state index contributed by atoms with van der Waals surface area (Å²) in [6, 6.07) is 0. The van der Waals surface area contributed by atoms with Crippen molar-refractivity contribution in [2.24, 2.45) is 0 Å². The second-order valence-corrected chi connectivity index (χ2v) is 9.09. The van der Waals surface area contributed by atoms with E-state index in [4.69, 9.17) is 5.10 Å². The molecular formula is C20H33N7. The topological polar surface area (TPSA) is 63.8 Å². The molecule has 4 heterocycles. The van der Waals surface area contributed by atoms with Gasteiger partial charge >= 0.3 is 0 Å². The highest BCUT2D eigenvalue weighted by Gasteiger charge is 2.28. The minimum atomic E-state index is 0.0295. The lowest BCUT2D eigenvalue weighted by Crippen LogP contribution is -2.35. The van der Waals surface area contributed by atoms with Crippen molar-refractivity contribution in [2.75, 3.05) is 19.6 Å². The van der Waals surface area contributed by atoms with E-state index in [0.717, 1.165) is 57.9 Å². The quantitative estimate of drug-likeness (QED) is 0.897. The van der Waals surface area contributed by atoms with Crippen molar-refractivity contribution in [1.29, 1.82) is 0 Å². The summed E-state index contributed by atoms with van der Waals surface area (Å²) >= 11 is 0. The van der Waals surface area contributed by atoms with Crippen molar-refractivity contribution in [2.45, 2.75) is 78.6 Å². The van der Waals surface area contributed by atoms with Gasteiger partial charge in [0.2, 0.25) is 0 Å². The number of hydrogen-bond acceptors (Lipinski definition) is 5. The van der Waals surface area contributed by atoms with Gasteiger partial charge in [0.25, 0.3) is 0 Å². The maximum Gasteiger partial charge on any atom is 0.147 e. The molecule has 0 aliphatic carbocycles. The maximum absolute atomic E-state index is 4.81. The number of aryl methyl sites for hydroxylation is 1. The first-order valence-electron chi connectivity index (χ1n) is 10.2. The fraction of sp³-hybridized carbons (Fsp3) is 0.750. The van der Waals surface area contributed by atoms with Gasteiger partial charge in [0.1, 0.15) is 11.6 Å². The molecule has 0 bridgehead atoms. The van der Waals surface area contributed by atoms with Crippen LogP contribution >= 0.6 is 0 Å². The number of nitrogens with one attached hydrogen (secondary N) is 1. The van der Waals surface area contributed by atoms with Gasteiger partial charge in [-0.1, -0.05) is 0 Å². The van der Waals surface area contributed by atoms with Gasteiger partial charge < -0.3 is 9.88 Å². The molecule has 0 radical (unpaired) electrons. The summed E-state index contributed by atoms with van der Waals surface area (Å²) in [5.41, 5.74) is 3.90. The Morgan fingerprint density at radius 1 is 1.07 bits per heavy atom. The lowest BCUT2D eigenvalue weighted by molar-refractivity contribution is 0.198. The van der Waals surface area contributed by atoms with E-state index in [2.05, 4.69) is 64.3 Å². The van der Waals surface area contributed by atoms with Crippen molar-refractivity contribution in [3.8, 4) is 0 Å². The molecule has 0 amide bonds. The Labute approximate surface area is 162 Å². The molecule has 0 saturated carbocycles. The normalized spacial score (nSPS) is 19.4. The first kappa shape index (κ1) is 18.6. The fourth-order valence-electron chi connectivity index (χ4n) is 4.55. The van der Waals surface area contributed by atoms with Gasteiger partial charge in [-0.25, -0.2) is 0 Å². The molecule has 2 aromatic rings. The Morgan fingerprint density at radius 2 is 1.81 bits per heavy atom. The predicted molar refractivity (Wildman–Crippen MR) is 106 cm³/mol. The highest BCUT2D eigenvalue weighted by molar-refractivity contribution is 5.25. The zero-order chi connectivity index (χ0) is 19.2. The van der Waals surface area contributed by atoms with Crippen molar-refractivity contribution in [1.82, 2.24) is 34.8 Å². The van der Waals surface area contributed by atoms with Gasteiger partial charge in [-0.2, -0.15) is 5.10 Å². The van der Waals surface area contributed by atoms with E-state index in [-0.39, 0.29) is 5.54 Å². The van der Waals surface area contributed by atoms with E-state index in [1.165, 1.54) is 22.8 Å². The molecular weight excluding hydrogens is 338 g/mol. The SMILES string of the molecule is Cc1nn(C(C)(C)C)c(C)c1CN1CCC(c2nnc3n2CCNC3)CC1. The molecule has 1 N–H and O–H groups in total. The van der Waals surface area contributed by atoms with E-state index < -0.39 is 0 Å². The Balaban J connectivity index is 1.42. The van der Waals surface area contributed by atoms with Crippen LogP contribution in [0.15, 0.2) is 0 Å². The second kappa shape index (κ2) is 7.02. The van der Waals surface area contributed by atoms with E-state index in [1.807, 2.05) is 0 Å². The molecule has 0 atom stereocenters. The predicted octanol–water partition coefficient (Wildman–Crippen LogP) is 2.33. The number of aromatic nitrogens is 5. The highest BCUT2D eigenvalue weighted by atomic mass is 15.3.